The van der Waals surface area contributed by atoms with Gasteiger partial charge < -0.3 is 0 Å². The summed E-state index contributed by atoms with van der Waals surface area (Å²) in [6, 6.07) is 15.6. The van der Waals surface area contributed by atoms with Crippen LogP contribution in [0.3, 0.4) is 0 Å². The van der Waals surface area contributed by atoms with E-state index in [9.17, 15) is 0 Å². The number of nitrogens with zero attached hydrogens (tertiary/aromatic N) is 2. The Morgan fingerprint density at radius 2 is 1.73 bits per heavy atom. The Morgan fingerprint density at radius 1 is 1.00 bits per heavy atom. The predicted octanol–water partition coefficient (Wildman–Crippen LogP) is 3.09. The van der Waals surface area contributed by atoms with Crippen molar-refractivity contribution < 1.29 is 0 Å². The van der Waals surface area contributed by atoms with Crippen LogP contribution in [0, 0.1) is 13.8 Å². The molecule has 112 valence electrons. The minimum absolute atomic E-state index is 1.05. The zero-order valence-corrected chi connectivity index (χ0v) is 15.5. The molecule has 0 aliphatic carbocycles. The third-order valence-electron chi connectivity index (χ3n) is 4.41. The van der Waals surface area contributed by atoms with Crippen LogP contribution in [0.2, 0.25) is 0 Å². The van der Waals surface area contributed by atoms with E-state index in [-0.39, 0.29) is 0 Å². The van der Waals surface area contributed by atoms with Crippen molar-refractivity contribution in [1.29, 1.82) is 0 Å². The summed E-state index contributed by atoms with van der Waals surface area (Å²) in [5.41, 5.74) is 5.58. The first-order valence-corrected chi connectivity index (χ1v) is 11.1. The third kappa shape index (κ3) is 1.96. The summed E-state index contributed by atoms with van der Waals surface area (Å²) in [6.45, 7) is 7.76. The second-order valence-corrected chi connectivity index (χ2v) is 10.9. The number of benzene rings is 2. The van der Waals surface area contributed by atoms with Gasteiger partial charge in [-0.3, -0.25) is 0 Å². The van der Waals surface area contributed by atoms with Gasteiger partial charge in [0.1, 0.15) is 0 Å². The number of anilines is 2. The molecule has 0 spiro atoms. The minimum atomic E-state index is -1.71. The molecule has 0 bridgehead atoms. The summed E-state index contributed by atoms with van der Waals surface area (Å²) < 4.78 is 5.72. The summed E-state index contributed by atoms with van der Waals surface area (Å²) in [5.74, 6) is 0. The molecule has 2 heterocycles. The molecule has 22 heavy (non-hydrogen) atoms. The summed E-state index contributed by atoms with van der Waals surface area (Å²) in [7, 11) is 0. The van der Waals surface area contributed by atoms with Gasteiger partial charge in [-0.05, 0) is 0 Å². The van der Waals surface area contributed by atoms with Crippen molar-refractivity contribution >= 4 is 38.0 Å². The summed E-state index contributed by atoms with van der Waals surface area (Å²) in [4.78, 5) is 2.53. The Hall–Kier alpha value is -1.56. The van der Waals surface area contributed by atoms with Crippen molar-refractivity contribution in [2.24, 2.45) is 0 Å². The number of aryl methyl sites for hydroxylation is 2. The number of likely N-dealkylation sites (N-methyl/N-ethyl adjacent to an activating group) is 1. The molecule has 0 radical (unpaired) electrons. The Morgan fingerprint density at radius 3 is 2.45 bits per heavy atom. The van der Waals surface area contributed by atoms with Gasteiger partial charge in [-0.15, -0.1) is 0 Å². The van der Waals surface area contributed by atoms with Crippen molar-refractivity contribution in [3.8, 4) is 0 Å². The van der Waals surface area contributed by atoms with Gasteiger partial charge in [-0.25, -0.2) is 0 Å². The molecule has 0 saturated carbocycles. The molecule has 0 fully saturated rings. The molecule has 0 amide bonds. The first-order chi connectivity index (χ1) is 10.7. The third-order valence-corrected chi connectivity index (χ3v) is 10.8. The molecule has 2 aliphatic heterocycles. The van der Waals surface area contributed by atoms with Crippen LogP contribution in [-0.2, 0) is 0 Å². The van der Waals surface area contributed by atoms with Crippen molar-refractivity contribution in [3.63, 3.8) is 0 Å². The zero-order valence-electron chi connectivity index (χ0n) is 13.2. The van der Waals surface area contributed by atoms with Crippen LogP contribution in [0.1, 0.15) is 18.1 Å². The Balaban J connectivity index is 1.90. The molecule has 0 saturated heterocycles. The van der Waals surface area contributed by atoms with Gasteiger partial charge in [0, 0.05) is 0 Å². The maximum absolute atomic E-state index is 2.56. The van der Waals surface area contributed by atoms with Crippen molar-refractivity contribution in [2.75, 3.05) is 14.6 Å². The maximum atomic E-state index is 2.56. The number of hydrogen-bond acceptors (Lipinski definition) is 2. The van der Waals surface area contributed by atoms with Crippen LogP contribution in [0.4, 0.5) is 11.4 Å². The van der Waals surface area contributed by atoms with E-state index in [2.05, 4.69) is 83.6 Å². The van der Waals surface area contributed by atoms with E-state index >= 15 is 0 Å². The number of rotatable bonds is 2. The fourth-order valence-corrected chi connectivity index (χ4v) is 10.1. The number of para-hydroxylation sites is 1. The molecule has 2 aromatic carbocycles. The van der Waals surface area contributed by atoms with Gasteiger partial charge in [0.15, 0.2) is 0 Å². The Kier molecular flexibility index (Phi) is 3.36. The SMILES string of the molecule is CCN1C2=[Te](c3cc(C)c(C)cc31)N(c1ccccc1)C=C2. The standard InChI is InChI=1S/C19H20N2Te/c1-4-20-17-12-14(2)15(3)13-18(17)22-19(20)10-11-21(22)16-8-6-5-7-9-16/h5-13H,4H2,1-3H3. The van der Waals surface area contributed by atoms with Crippen molar-refractivity contribution in [2.45, 2.75) is 20.8 Å². The molecule has 2 nitrogen and oxygen atoms in total. The molecule has 3 heteroatoms. The van der Waals surface area contributed by atoms with Gasteiger partial charge in [0.2, 0.25) is 0 Å². The summed E-state index contributed by atoms with van der Waals surface area (Å²) in [5, 5.41) is 0. The van der Waals surface area contributed by atoms with Crippen molar-refractivity contribution in [1.82, 2.24) is 0 Å². The number of fused-ring (bicyclic) bond motifs is 2. The molecule has 2 aromatic rings. The van der Waals surface area contributed by atoms with Crippen LogP contribution in [0.15, 0.2) is 54.7 Å². The molecule has 0 aromatic heterocycles. The van der Waals surface area contributed by atoms with Gasteiger partial charge in [0.05, 0.1) is 0 Å². The second kappa shape index (κ2) is 5.26. The second-order valence-electron chi connectivity index (χ2n) is 5.75. The van der Waals surface area contributed by atoms with Crippen LogP contribution < -0.4 is 11.7 Å². The zero-order chi connectivity index (χ0) is 15.3. The monoisotopic (exact) mass is 406 g/mol. The van der Waals surface area contributed by atoms with E-state index in [1.807, 2.05) is 0 Å². The van der Waals surface area contributed by atoms with Crippen molar-refractivity contribution in [3.05, 3.63) is 65.9 Å². The quantitative estimate of drug-likeness (QED) is 0.711. The molecular formula is C19H20N2Te. The predicted molar refractivity (Wildman–Crippen MR) is 97.4 cm³/mol. The van der Waals surface area contributed by atoms with Crippen LogP contribution >= 0.6 is 0 Å². The Bertz CT molecular complexity index is 806. The van der Waals surface area contributed by atoms with E-state index in [4.69, 9.17) is 0 Å². The van der Waals surface area contributed by atoms with E-state index in [0.717, 1.165) is 6.54 Å². The van der Waals surface area contributed by atoms with Gasteiger partial charge in [-0.2, -0.15) is 0 Å². The molecule has 0 unspecified atom stereocenters. The summed E-state index contributed by atoms with van der Waals surface area (Å²) >= 11 is -1.71. The molecule has 2 aliphatic rings. The topological polar surface area (TPSA) is 6.48 Å². The average molecular weight is 404 g/mol. The first kappa shape index (κ1) is 14.1. The van der Waals surface area contributed by atoms with E-state index < -0.39 is 19.3 Å². The average Bonchev–Trinajstić information content (AvgIpc) is 3.07. The fraction of sp³-hybridized carbons (Fsp3) is 0.211. The molecule has 0 atom stereocenters. The molecular weight excluding hydrogens is 384 g/mol. The normalized spacial score (nSPS) is 16.4. The van der Waals surface area contributed by atoms with Crippen LogP contribution in [0.5, 0.6) is 0 Å². The molecule has 0 N–H and O–H groups in total. The van der Waals surface area contributed by atoms with E-state index in [1.165, 1.54) is 22.5 Å². The molecule has 4 rings (SSSR count). The van der Waals surface area contributed by atoms with Gasteiger partial charge in [0.25, 0.3) is 0 Å². The van der Waals surface area contributed by atoms with Crippen LogP contribution in [-0.4, -0.2) is 29.6 Å². The first-order valence-electron chi connectivity index (χ1n) is 7.73. The van der Waals surface area contributed by atoms with Gasteiger partial charge >= 0.3 is 139 Å². The van der Waals surface area contributed by atoms with E-state index in [1.54, 1.807) is 7.29 Å². The Labute approximate surface area is 139 Å². The van der Waals surface area contributed by atoms with Crippen LogP contribution in [0.25, 0.3) is 0 Å². The fourth-order valence-electron chi connectivity index (χ4n) is 3.12. The summed E-state index contributed by atoms with van der Waals surface area (Å²) in [6.07, 6.45) is 4.64. The van der Waals surface area contributed by atoms with Gasteiger partial charge in [-0.1, -0.05) is 0 Å². The van der Waals surface area contributed by atoms with E-state index in [0.29, 0.717) is 0 Å². The number of hydrogen-bond donors (Lipinski definition) is 0.